The molecule has 1 aliphatic carbocycles. The molecule has 0 radical (unpaired) electrons. The van der Waals surface area contributed by atoms with Crippen LogP contribution in [0.1, 0.15) is 39.0 Å². The SMILES string of the molecule is CCSc1nnc(NC(=O)CCNC(=O)C2CCCC2)s1. The van der Waals surface area contributed by atoms with Crippen LogP contribution in [0.5, 0.6) is 0 Å². The van der Waals surface area contributed by atoms with Gasteiger partial charge in [0.05, 0.1) is 0 Å². The van der Waals surface area contributed by atoms with Crippen molar-refractivity contribution in [1.82, 2.24) is 15.5 Å². The number of hydrogen-bond donors (Lipinski definition) is 2. The van der Waals surface area contributed by atoms with Gasteiger partial charge >= 0.3 is 0 Å². The first kappa shape index (κ1) is 16.2. The van der Waals surface area contributed by atoms with Crippen LogP contribution in [0.2, 0.25) is 0 Å². The summed E-state index contributed by atoms with van der Waals surface area (Å²) in [6.07, 6.45) is 4.47. The minimum absolute atomic E-state index is 0.0813. The predicted octanol–water partition coefficient (Wildman–Crippen LogP) is 2.29. The maximum Gasteiger partial charge on any atom is 0.227 e. The highest BCUT2D eigenvalue weighted by Gasteiger charge is 2.22. The Morgan fingerprint density at radius 2 is 2.10 bits per heavy atom. The molecule has 0 bridgehead atoms. The summed E-state index contributed by atoms with van der Waals surface area (Å²) in [6, 6.07) is 0. The van der Waals surface area contributed by atoms with Crippen LogP contribution in [0, 0.1) is 5.92 Å². The Hall–Kier alpha value is -1.15. The summed E-state index contributed by atoms with van der Waals surface area (Å²) < 4.78 is 0.849. The molecule has 0 unspecified atom stereocenters. The summed E-state index contributed by atoms with van der Waals surface area (Å²) in [5.41, 5.74) is 0. The van der Waals surface area contributed by atoms with E-state index in [4.69, 9.17) is 0 Å². The molecule has 1 heterocycles. The molecule has 0 aliphatic heterocycles. The Bertz CT molecular complexity index is 486. The van der Waals surface area contributed by atoms with Crippen molar-refractivity contribution in [3.8, 4) is 0 Å². The van der Waals surface area contributed by atoms with E-state index in [2.05, 4.69) is 20.8 Å². The zero-order chi connectivity index (χ0) is 15.1. The van der Waals surface area contributed by atoms with Gasteiger partial charge in [-0.2, -0.15) is 0 Å². The van der Waals surface area contributed by atoms with Gasteiger partial charge in [0.25, 0.3) is 0 Å². The topological polar surface area (TPSA) is 84.0 Å². The number of carbonyl (C=O) groups is 2. The van der Waals surface area contributed by atoms with Gasteiger partial charge in [-0.1, -0.05) is 42.9 Å². The fourth-order valence-electron chi connectivity index (χ4n) is 2.26. The summed E-state index contributed by atoms with van der Waals surface area (Å²) >= 11 is 2.96. The van der Waals surface area contributed by atoms with Gasteiger partial charge < -0.3 is 10.6 Å². The van der Waals surface area contributed by atoms with Gasteiger partial charge in [0.15, 0.2) is 4.34 Å². The molecule has 0 saturated heterocycles. The van der Waals surface area contributed by atoms with Crippen LogP contribution < -0.4 is 10.6 Å². The minimum atomic E-state index is -0.147. The molecule has 1 aromatic heterocycles. The first-order valence-corrected chi connectivity index (χ1v) is 9.03. The number of nitrogens with zero attached hydrogens (tertiary/aromatic N) is 2. The predicted molar refractivity (Wildman–Crippen MR) is 84.5 cm³/mol. The average Bonchev–Trinajstić information content (AvgIpc) is 3.10. The number of rotatable bonds is 7. The Morgan fingerprint density at radius 3 is 2.81 bits per heavy atom. The number of carbonyl (C=O) groups excluding carboxylic acids is 2. The molecule has 6 nitrogen and oxygen atoms in total. The lowest BCUT2D eigenvalue weighted by Crippen LogP contribution is -2.31. The summed E-state index contributed by atoms with van der Waals surface area (Å²) in [5, 5.41) is 13.9. The third-order valence-electron chi connectivity index (χ3n) is 3.30. The molecule has 1 aliphatic rings. The lowest BCUT2D eigenvalue weighted by molar-refractivity contribution is -0.124. The van der Waals surface area contributed by atoms with Crippen LogP contribution in [-0.2, 0) is 9.59 Å². The normalized spacial score (nSPS) is 15.1. The molecule has 0 atom stereocenters. The zero-order valence-corrected chi connectivity index (χ0v) is 13.7. The van der Waals surface area contributed by atoms with Gasteiger partial charge in [0.2, 0.25) is 16.9 Å². The van der Waals surface area contributed by atoms with E-state index < -0.39 is 0 Å². The Morgan fingerprint density at radius 1 is 1.33 bits per heavy atom. The van der Waals surface area contributed by atoms with Crippen molar-refractivity contribution in [3.05, 3.63) is 0 Å². The Balaban J connectivity index is 1.65. The van der Waals surface area contributed by atoms with Gasteiger partial charge in [-0.15, -0.1) is 10.2 Å². The van der Waals surface area contributed by atoms with Crippen molar-refractivity contribution in [1.29, 1.82) is 0 Å². The zero-order valence-electron chi connectivity index (χ0n) is 12.1. The minimum Gasteiger partial charge on any atom is -0.355 e. The van der Waals surface area contributed by atoms with Gasteiger partial charge in [0.1, 0.15) is 0 Å². The highest BCUT2D eigenvalue weighted by Crippen LogP contribution is 2.25. The van der Waals surface area contributed by atoms with Crippen molar-refractivity contribution in [3.63, 3.8) is 0 Å². The lowest BCUT2D eigenvalue weighted by atomic mass is 10.1. The molecule has 2 rings (SSSR count). The molecule has 1 aromatic rings. The molecule has 8 heteroatoms. The van der Waals surface area contributed by atoms with E-state index in [1.807, 2.05) is 6.92 Å². The quantitative estimate of drug-likeness (QED) is 0.592. The molecular weight excluding hydrogens is 308 g/mol. The van der Waals surface area contributed by atoms with Crippen LogP contribution in [0.3, 0.4) is 0 Å². The number of aromatic nitrogens is 2. The Labute approximate surface area is 132 Å². The third-order valence-corrected chi connectivity index (χ3v) is 5.15. The standard InChI is InChI=1S/C13H20N4O2S2/c1-2-20-13-17-16-12(21-13)15-10(18)7-8-14-11(19)9-5-3-4-6-9/h9H,2-8H2,1H3,(H,14,19)(H,15,16,18). The molecule has 0 aromatic carbocycles. The second kappa shape index (κ2) is 8.33. The monoisotopic (exact) mass is 328 g/mol. The Kier molecular flexibility index (Phi) is 6.44. The van der Waals surface area contributed by atoms with E-state index in [0.717, 1.165) is 35.8 Å². The van der Waals surface area contributed by atoms with Crippen molar-refractivity contribution < 1.29 is 9.59 Å². The smallest absolute Gasteiger partial charge is 0.227 e. The summed E-state index contributed by atoms with van der Waals surface area (Å²) in [7, 11) is 0. The molecule has 2 N–H and O–H groups in total. The number of nitrogens with one attached hydrogen (secondary N) is 2. The molecule has 116 valence electrons. The van der Waals surface area contributed by atoms with Crippen LogP contribution in [-0.4, -0.2) is 34.3 Å². The molecule has 1 saturated carbocycles. The van der Waals surface area contributed by atoms with E-state index in [1.165, 1.54) is 11.3 Å². The number of amides is 2. The van der Waals surface area contributed by atoms with Crippen molar-refractivity contribution in [2.24, 2.45) is 5.92 Å². The van der Waals surface area contributed by atoms with E-state index in [1.54, 1.807) is 11.8 Å². The first-order valence-electron chi connectivity index (χ1n) is 7.23. The van der Waals surface area contributed by atoms with E-state index in [9.17, 15) is 9.59 Å². The fraction of sp³-hybridized carbons (Fsp3) is 0.692. The number of anilines is 1. The summed E-state index contributed by atoms with van der Waals surface area (Å²) in [6.45, 7) is 2.41. The van der Waals surface area contributed by atoms with Gasteiger partial charge in [-0.05, 0) is 18.6 Å². The summed E-state index contributed by atoms with van der Waals surface area (Å²) in [5.74, 6) is 1.00. The number of hydrogen-bond acceptors (Lipinski definition) is 6. The third kappa shape index (κ3) is 5.28. The molecule has 1 fully saturated rings. The van der Waals surface area contributed by atoms with Crippen LogP contribution in [0.15, 0.2) is 4.34 Å². The maximum absolute atomic E-state index is 11.8. The number of thioether (sulfide) groups is 1. The second-order valence-electron chi connectivity index (χ2n) is 4.88. The van der Waals surface area contributed by atoms with Gasteiger partial charge in [0, 0.05) is 18.9 Å². The van der Waals surface area contributed by atoms with Crippen molar-refractivity contribution in [2.45, 2.75) is 43.4 Å². The van der Waals surface area contributed by atoms with Gasteiger partial charge in [-0.3, -0.25) is 9.59 Å². The highest BCUT2D eigenvalue weighted by atomic mass is 32.2. The second-order valence-corrected chi connectivity index (χ2v) is 7.37. The average molecular weight is 328 g/mol. The van der Waals surface area contributed by atoms with Crippen LogP contribution >= 0.6 is 23.1 Å². The van der Waals surface area contributed by atoms with Crippen molar-refractivity contribution >= 4 is 40.0 Å². The largest absolute Gasteiger partial charge is 0.355 e. The maximum atomic E-state index is 11.8. The molecule has 21 heavy (non-hydrogen) atoms. The van der Waals surface area contributed by atoms with Crippen molar-refractivity contribution in [2.75, 3.05) is 17.6 Å². The summed E-state index contributed by atoms with van der Waals surface area (Å²) in [4.78, 5) is 23.5. The molecular formula is C13H20N4O2S2. The molecule has 0 spiro atoms. The molecule has 2 amide bonds. The van der Waals surface area contributed by atoms with E-state index >= 15 is 0 Å². The van der Waals surface area contributed by atoms with Crippen LogP contribution in [0.25, 0.3) is 0 Å². The first-order chi connectivity index (χ1) is 10.2. The highest BCUT2D eigenvalue weighted by molar-refractivity contribution is 8.01. The van der Waals surface area contributed by atoms with Crippen LogP contribution in [0.4, 0.5) is 5.13 Å². The van der Waals surface area contributed by atoms with E-state index in [-0.39, 0.29) is 24.2 Å². The van der Waals surface area contributed by atoms with E-state index in [0.29, 0.717) is 11.7 Å². The fourth-order valence-corrected chi connectivity index (χ4v) is 3.92. The lowest BCUT2D eigenvalue weighted by Gasteiger charge is -2.09. The van der Waals surface area contributed by atoms with Gasteiger partial charge in [-0.25, -0.2) is 0 Å².